The van der Waals surface area contributed by atoms with Gasteiger partial charge in [-0.2, -0.15) is 5.10 Å². The molecule has 0 radical (unpaired) electrons. The number of thiazole rings is 1. The first-order valence-electron chi connectivity index (χ1n) is 7.30. The van der Waals surface area contributed by atoms with E-state index < -0.39 is 0 Å². The van der Waals surface area contributed by atoms with Gasteiger partial charge in [0.15, 0.2) is 0 Å². The predicted octanol–water partition coefficient (Wildman–Crippen LogP) is 4.24. The van der Waals surface area contributed by atoms with Gasteiger partial charge < -0.3 is 4.74 Å². The summed E-state index contributed by atoms with van der Waals surface area (Å²) >= 11 is 3.86. The van der Waals surface area contributed by atoms with Crippen molar-refractivity contribution in [3.63, 3.8) is 0 Å². The molecule has 122 valence electrons. The number of aromatic nitrogens is 1. The summed E-state index contributed by atoms with van der Waals surface area (Å²) in [6, 6.07) is 16.1. The van der Waals surface area contributed by atoms with Gasteiger partial charge in [0.2, 0.25) is 4.80 Å². The molecule has 6 heteroatoms. The lowest BCUT2D eigenvalue weighted by Gasteiger charge is -2.08. The number of halogens is 1. The van der Waals surface area contributed by atoms with Crippen LogP contribution in [0.5, 0.6) is 5.75 Å². The van der Waals surface area contributed by atoms with E-state index in [0.717, 1.165) is 30.9 Å². The Balaban J connectivity index is 2.12. The van der Waals surface area contributed by atoms with Gasteiger partial charge in [-0.25, -0.2) is 4.68 Å². The second kappa shape index (κ2) is 7.76. The molecular formula is C18H16IN3OS. The lowest BCUT2D eigenvalue weighted by molar-refractivity contribution is 0.416. The third kappa shape index (κ3) is 3.44. The number of benzene rings is 2. The number of hydrogen-bond donors (Lipinski definition) is 0. The van der Waals surface area contributed by atoms with E-state index >= 15 is 0 Å². The number of para-hydroxylation sites is 1. The van der Waals surface area contributed by atoms with E-state index in [4.69, 9.17) is 4.74 Å². The second-order valence-electron chi connectivity index (χ2n) is 4.91. The van der Waals surface area contributed by atoms with Gasteiger partial charge in [-0.1, -0.05) is 30.3 Å². The molecule has 0 atom stereocenters. The molecule has 0 aliphatic heterocycles. The maximum atomic E-state index is 5.49. The molecular weight excluding hydrogens is 433 g/mol. The molecule has 0 saturated heterocycles. The minimum Gasteiger partial charge on any atom is -0.496 e. The van der Waals surface area contributed by atoms with Gasteiger partial charge in [-0.3, -0.25) is 4.99 Å². The van der Waals surface area contributed by atoms with Gasteiger partial charge in [0.1, 0.15) is 5.75 Å². The Morgan fingerprint density at radius 1 is 1.12 bits per heavy atom. The number of hydrogen-bond acceptors (Lipinski definition) is 4. The third-order valence-corrected chi connectivity index (χ3v) is 5.37. The fraction of sp³-hybridized carbons (Fsp3) is 0.111. The van der Waals surface area contributed by atoms with Crippen molar-refractivity contribution in [1.82, 2.24) is 4.68 Å². The predicted molar refractivity (Wildman–Crippen MR) is 108 cm³/mol. The zero-order valence-corrected chi connectivity index (χ0v) is 16.3. The monoisotopic (exact) mass is 449 g/mol. The molecule has 3 aromatic rings. The first-order valence-corrected chi connectivity index (χ1v) is 9.26. The summed E-state index contributed by atoms with van der Waals surface area (Å²) in [6.07, 6.45) is 1.86. The highest BCUT2D eigenvalue weighted by Gasteiger charge is 2.11. The summed E-state index contributed by atoms with van der Waals surface area (Å²) in [5.74, 6) is 0.816. The van der Waals surface area contributed by atoms with Crippen LogP contribution in [-0.2, 0) is 0 Å². The lowest BCUT2D eigenvalue weighted by Crippen LogP contribution is -2.11. The molecule has 4 nitrogen and oxygen atoms in total. The summed E-state index contributed by atoms with van der Waals surface area (Å²) < 4.78 is 8.50. The van der Waals surface area contributed by atoms with Crippen molar-refractivity contribution in [2.45, 2.75) is 0 Å². The minimum atomic E-state index is 0.816. The molecule has 24 heavy (non-hydrogen) atoms. The molecule has 0 saturated carbocycles. The molecule has 0 spiro atoms. The number of ether oxygens (including phenoxy) is 1. The largest absolute Gasteiger partial charge is 0.496 e. The second-order valence-corrected chi connectivity index (χ2v) is 6.90. The smallest absolute Gasteiger partial charge is 0.205 e. The summed E-state index contributed by atoms with van der Waals surface area (Å²) in [4.78, 5) is 5.16. The Hall–Kier alpha value is -1.93. The van der Waals surface area contributed by atoms with E-state index in [1.807, 2.05) is 58.7 Å². The molecule has 0 N–H and O–H groups in total. The van der Waals surface area contributed by atoms with Gasteiger partial charge in [-0.05, 0) is 40.8 Å². The van der Waals surface area contributed by atoms with Crippen LogP contribution in [0.2, 0.25) is 0 Å². The van der Waals surface area contributed by atoms with Gasteiger partial charge in [0.05, 0.1) is 19.0 Å². The Morgan fingerprint density at radius 3 is 2.62 bits per heavy atom. The van der Waals surface area contributed by atoms with Crippen molar-refractivity contribution < 1.29 is 4.74 Å². The topological polar surface area (TPSA) is 38.9 Å². The third-order valence-electron chi connectivity index (χ3n) is 3.48. The van der Waals surface area contributed by atoms with Crippen molar-refractivity contribution in [3.8, 4) is 17.0 Å². The van der Waals surface area contributed by atoms with Crippen LogP contribution < -0.4 is 9.54 Å². The molecule has 1 heterocycles. The van der Waals surface area contributed by atoms with Crippen molar-refractivity contribution in [1.29, 1.82) is 0 Å². The van der Waals surface area contributed by atoms with Gasteiger partial charge >= 0.3 is 0 Å². The van der Waals surface area contributed by atoms with Crippen LogP contribution in [0, 0.1) is 3.57 Å². The van der Waals surface area contributed by atoms with Crippen LogP contribution in [0.1, 0.15) is 5.56 Å². The van der Waals surface area contributed by atoms with Crippen LogP contribution in [0.3, 0.4) is 0 Å². The molecule has 1 aromatic heterocycles. The molecule has 0 bridgehead atoms. The standard InChI is InChI=1S/C18H16IN3OS/c1-20-18-22(21-11-13-7-3-5-9-15(13)19)16(12-24-18)14-8-4-6-10-17(14)23-2/h3-12H,1-2H3. The van der Waals surface area contributed by atoms with Gasteiger partial charge in [0.25, 0.3) is 0 Å². The Morgan fingerprint density at radius 2 is 1.88 bits per heavy atom. The summed E-state index contributed by atoms with van der Waals surface area (Å²) in [5.41, 5.74) is 3.02. The normalized spacial score (nSPS) is 12.0. The van der Waals surface area contributed by atoms with Crippen molar-refractivity contribution >= 4 is 40.1 Å². The van der Waals surface area contributed by atoms with E-state index in [0.29, 0.717) is 0 Å². The number of nitrogens with zero attached hydrogens (tertiary/aromatic N) is 3. The molecule has 0 aliphatic carbocycles. The van der Waals surface area contributed by atoms with Gasteiger partial charge in [-0.15, -0.1) is 11.3 Å². The molecule has 0 amide bonds. The maximum absolute atomic E-state index is 5.49. The number of rotatable bonds is 4. The summed E-state index contributed by atoms with van der Waals surface area (Å²) in [5, 5.41) is 6.72. The van der Waals surface area contributed by atoms with Crippen LogP contribution in [0.15, 0.2) is 64.0 Å². The van der Waals surface area contributed by atoms with E-state index in [9.17, 15) is 0 Å². The fourth-order valence-electron chi connectivity index (χ4n) is 2.30. The zero-order valence-electron chi connectivity index (χ0n) is 13.3. The Labute approximate surface area is 158 Å². The Kier molecular flexibility index (Phi) is 5.47. The van der Waals surface area contributed by atoms with Crippen LogP contribution >= 0.6 is 33.9 Å². The number of methoxy groups -OCH3 is 1. The van der Waals surface area contributed by atoms with Crippen LogP contribution in [0.25, 0.3) is 11.3 Å². The molecule has 0 fully saturated rings. The molecule has 3 rings (SSSR count). The van der Waals surface area contributed by atoms with Crippen molar-refractivity contribution in [3.05, 3.63) is 67.8 Å². The lowest BCUT2D eigenvalue weighted by atomic mass is 10.1. The highest BCUT2D eigenvalue weighted by atomic mass is 127. The highest BCUT2D eigenvalue weighted by molar-refractivity contribution is 14.1. The van der Waals surface area contributed by atoms with E-state index in [2.05, 4.69) is 38.8 Å². The average molecular weight is 449 g/mol. The first kappa shape index (κ1) is 16.9. The molecule has 2 aromatic carbocycles. The summed E-state index contributed by atoms with van der Waals surface area (Å²) in [6.45, 7) is 0. The molecule has 0 aliphatic rings. The van der Waals surface area contributed by atoms with E-state index in [-0.39, 0.29) is 0 Å². The van der Waals surface area contributed by atoms with Crippen molar-refractivity contribution in [2.24, 2.45) is 10.1 Å². The summed E-state index contributed by atoms with van der Waals surface area (Å²) in [7, 11) is 3.45. The van der Waals surface area contributed by atoms with Crippen molar-refractivity contribution in [2.75, 3.05) is 14.2 Å². The molecule has 0 unspecified atom stereocenters. The SMILES string of the molecule is CN=c1scc(-c2ccccc2OC)n1N=Cc1ccccc1I. The Bertz CT molecular complexity index is 943. The minimum absolute atomic E-state index is 0.816. The zero-order chi connectivity index (χ0) is 16.9. The highest BCUT2D eigenvalue weighted by Crippen LogP contribution is 2.29. The van der Waals surface area contributed by atoms with Crippen LogP contribution in [0.4, 0.5) is 0 Å². The van der Waals surface area contributed by atoms with E-state index in [1.54, 1.807) is 25.5 Å². The quantitative estimate of drug-likeness (QED) is 0.434. The first-order chi connectivity index (χ1) is 11.7. The fourth-order valence-corrected chi connectivity index (χ4v) is 3.63. The van der Waals surface area contributed by atoms with Gasteiger partial charge in [0, 0.05) is 27.1 Å². The average Bonchev–Trinajstić information content (AvgIpc) is 3.03. The van der Waals surface area contributed by atoms with E-state index in [1.165, 1.54) is 0 Å². The van der Waals surface area contributed by atoms with Crippen LogP contribution in [-0.4, -0.2) is 25.0 Å². The maximum Gasteiger partial charge on any atom is 0.205 e.